The van der Waals surface area contributed by atoms with Crippen molar-refractivity contribution in [2.45, 2.75) is 0 Å². The summed E-state index contributed by atoms with van der Waals surface area (Å²) in [5, 5.41) is 8.08. The molecule has 0 radical (unpaired) electrons. The highest BCUT2D eigenvalue weighted by Crippen LogP contribution is 2.32. The monoisotopic (exact) mass is 341 g/mol. The van der Waals surface area contributed by atoms with E-state index in [1.54, 1.807) is 18.2 Å². The van der Waals surface area contributed by atoms with E-state index in [2.05, 4.69) is 15.9 Å². The van der Waals surface area contributed by atoms with Crippen molar-refractivity contribution >= 4 is 50.9 Å². The van der Waals surface area contributed by atoms with Gasteiger partial charge in [0.05, 0.1) is 4.91 Å². The minimum absolute atomic E-state index is 0.230. The highest BCUT2D eigenvalue weighted by Gasteiger charge is 2.36. The van der Waals surface area contributed by atoms with Gasteiger partial charge in [0.15, 0.2) is 0 Å². The first kappa shape index (κ1) is 13.8. The van der Waals surface area contributed by atoms with E-state index in [4.69, 9.17) is 5.11 Å². The fourth-order valence-corrected chi connectivity index (χ4v) is 2.58. The average molecular weight is 342 g/mol. The van der Waals surface area contributed by atoms with Gasteiger partial charge in [-0.2, -0.15) is 0 Å². The van der Waals surface area contributed by atoms with Crippen LogP contribution in [0.4, 0.5) is 4.79 Å². The van der Waals surface area contributed by atoms with E-state index in [1.807, 2.05) is 12.1 Å². The molecule has 1 aliphatic heterocycles. The van der Waals surface area contributed by atoms with E-state index in [9.17, 15) is 14.4 Å². The molecule has 1 fully saturated rings. The van der Waals surface area contributed by atoms with Crippen molar-refractivity contribution in [2.24, 2.45) is 0 Å². The summed E-state index contributed by atoms with van der Waals surface area (Å²) in [5.41, 5.74) is 0.768. The molecule has 0 atom stereocenters. The van der Waals surface area contributed by atoms with Crippen LogP contribution in [-0.4, -0.2) is 33.7 Å². The molecular formula is C12H8BrNO4S. The molecule has 1 aliphatic rings. The standard InChI is InChI=1S/C12H8BrNO4S/c13-8-3-1-7(2-4-8)5-9-11(17)14(6-10(15)16)12(18)19-9/h1-5H,6H2,(H,15,16)/b9-5+. The molecule has 2 amide bonds. The Balaban J connectivity index is 2.23. The van der Waals surface area contributed by atoms with Crippen molar-refractivity contribution in [3.8, 4) is 0 Å². The van der Waals surface area contributed by atoms with Crippen molar-refractivity contribution in [1.29, 1.82) is 0 Å². The topological polar surface area (TPSA) is 74.7 Å². The zero-order valence-electron chi connectivity index (χ0n) is 9.50. The predicted octanol–water partition coefficient (Wildman–Crippen LogP) is 2.57. The van der Waals surface area contributed by atoms with E-state index in [1.165, 1.54) is 0 Å². The maximum Gasteiger partial charge on any atom is 0.323 e. The molecule has 1 heterocycles. The highest BCUT2D eigenvalue weighted by molar-refractivity contribution is 9.10. The molecular weight excluding hydrogens is 334 g/mol. The van der Waals surface area contributed by atoms with E-state index >= 15 is 0 Å². The Labute approximate surface area is 121 Å². The molecule has 0 unspecified atom stereocenters. The van der Waals surface area contributed by atoms with Gasteiger partial charge in [0.25, 0.3) is 11.1 Å². The number of thioether (sulfide) groups is 1. The number of carboxylic acid groups (broad SMARTS) is 1. The van der Waals surface area contributed by atoms with Gasteiger partial charge in [0, 0.05) is 4.47 Å². The number of imide groups is 1. The van der Waals surface area contributed by atoms with Crippen LogP contribution in [0.2, 0.25) is 0 Å². The van der Waals surface area contributed by atoms with Crippen molar-refractivity contribution in [3.05, 3.63) is 39.2 Å². The Hall–Kier alpha value is -1.60. The summed E-state index contributed by atoms with van der Waals surface area (Å²) in [4.78, 5) is 34.9. The van der Waals surface area contributed by atoms with Crippen molar-refractivity contribution in [1.82, 2.24) is 4.90 Å². The van der Waals surface area contributed by atoms with Crippen LogP contribution in [0.15, 0.2) is 33.6 Å². The Bertz CT molecular complexity index is 582. The SMILES string of the molecule is O=C(O)CN1C(=O)S/C(=C/c2ccc(Br)cc2)C1=O. The lowest BCUT2D eigenvalue weighted by atomic mass is 10.2. The molecule has 1 aromatic rings. The van der Waals surface area contributed by atoms with Gasteiger partial charge >= 0.3 is 5.97 Å². The maximum absolute atomic E-state index is 11.9. The van der Waals surface area contributed by atoms with Crippen LogP contribution in [0.1, 0.15) is 5.56 Å². The molecule has 2 rings (SSSR count). The number of halogens is 1. The second kappa shape index (κ2) is 5.58. The van der Waals surface area contributed by atoms with Crippen LogP contribution in [-0.2, 0) is 9.59 Å². The molecule has 1 aromatic carbocycles. The third-order valence-corrected chi connectivity index (χ3v) is 3.77. The minimum atomic E-state index is -1.22. The number of carboxylic acids is 1. The van der Waals surface area contributed by atoms with Crippen LogP contribution in [0, 0.1) is 0 Å². The van der Waals surface area contributed by atoms with E-state index < -0.39 is 23.7 Å². The lowest BCUT2D eigenvalue weighted by molar-refractivity contribution is -0.140. The first-order valence-electron chi connectivity index (χ1n) is 5.20. The summed E-state index contributed by atoms with van der Waals surface area (Å²) in [6.45, 7) is -0.609. The largest absolute Gasteiger partial charge is 0.480 e. The maximum atomic E-state index is 11.9. The molecule has 0 bridgehead atoms. The zero-order valence-corrected chi connectivity index (χ0v) is 11.9. The van der Waals surface area contributed by atoms with Gasteiger partial charge in [-0.3, -0.25) is 19.3 Å². The lowest BCUT2D eigenvalue weighted by Gasteiger charge is -2.07. The molecule has 0 saturated carbocycles. The van der Waals surface area contributed by atoms with Gasteiger partial charge in [-0.15, -0.1) is 0 Å². The normalized spacial score (nSPS) is 17.3. The number of carbonyl (C=O) groups is 3. The number of hydrogen-bond acceptors (Lipinski definition) is 4. The van der Waals surface area contributed by atoms with Crippen molar-refractivity contribution in [3.63, 3.8) is 0 Å². The lowest BCUT2D eigenvalue weighted by Crippen LogP contribution is -2.33. The van der Waals surface area contributed by atoms with Crippen LogP contribution in [0.5, 0.6) is 0 Å². The first-order chi connectivity index (χ1) is 8.97. The van der Waals surface area contributed by atoms with Crippen LogP contribution in [0.3, 0.4) is 0 Å². The van der Waals surface area contributed by atoms with Gasteiger partial charge in [-0.05, 0) is 35.5 Å². The minimum Gasteiger partial charge on any atom is -0.480 e. The summed E-state index contributed by atoms with van der Waals surface area (Å²) in [6, 6.07) is 7.20. The van der Waals surface area contributed by atoms with E-state index in [0.29, 0.717) is 0 Å². The Morgan fingerprint density at radius 1 is 1.32 bits per heavy atom. The average Bonchev–Trinajstić information content (AvgIpc) is 2.60. The molecule has 0 spiro atoms. The van der Waals surface area contributed by atoms with Gasteiger partial charge in [0.2, 0.25) is 0 Å². The van der Waals surface area contributed by atoms with Crippen LogP contribution < -0.4 is 0 Å². The molecule has 1 saturated heterocycles. The molecule has 7 heteroatoms. The molecule has 1 N–H and O–H groups in total. The van der Waals surface area contributed by atoms with E-state index in [-0.39, 0.29) is 4.91 Å². The number of benzene rings is 1. The summed E-state index contributed by atoms with van der Waals surface area (Å²) < 4.78 is 0.906. The summed E-state index contributed by atoms with van der Waals surface area (Å²) in [5.74, 6) is -1.78. The van der Waals surface area contributed by atoms with E-state index in [0.717, 1.165) is 26.7 Å². The molecule has 0 aliphatic carbocycles. The molecule has 0 aromatic heterocycles. The predicted molar refractivity (Wildman–Crippen MR) is 74.5 cm³/mol. The van der Waals surface area contributed by atoms with Gasteiger partial charge < -0.3 is 5.11 Å². The first-order valence-corrected chi connectivity index (χ1v) is 6.81. The van der Waals surface area contributed by atoms with Gasteiger partial charge in [-0.1, -0.05) is 28.1 Å². The number of aliphatic carboxylic acids is 1. The number of nitrogens with zero attached hydrogens (tertiary/aromatic N) is 1. The smallest absolute Gasteiger partial charge is 0.323 e. The second-order valence-electron chi connectivity index (χ2n) is 3.71. The summed E-state index contributed by atoms with van der Waals surface area (Å²) >= 11 is 4.04. The highest BCUT2D eigenvalue weighted by atomic mass is 79.9. The molecule has 5 nitrogen and oxygen atoms in total. The zero-order chi connectivity index (χ0) is 14.0. The van der Waals surface area contributed by atoms with Crippen molar-refractivity contribution < 1.29 is 19.5 Å². The number of carbonyl (C=O) groups excluding carboxylic acids is 2. The van der Waals surface area contributed by atoms with Crippen LogP contribution in [0.25, 0.3) is 6.08 Å². The number of hydrogen-bond donors (Lipinski definition) is 1. The summed E-state index contributed by atoms with van der Waals surface area (Å²) in [7, 11) is 0. The molecule has 19 heavy (non-hydrogen) atoms. The van der Waals surface area contributed by atoms with Gasteiger partial charge in [0.1, 0.15) is 6.54 Å². The fourth-order valence-electron chi connectivity index (χ4n) is 1.48. The number of rotatable bonds is 3. The third kappa shape index (κ3) is 3.24. The molecule has 98 valence electrons. The quantitative estimate of drug-likeness (QED) is 0.855. The Morgan fingerprint density at radius 3 is 2.53 bits per heavy atom. The third-order valence-electron chi connectivity index (χ3n) is 2.33. The fraction of sp³-hybridized carbons (Fsp3) is 0.0833. The Morgan fingerprint density at radius 2 is 1.95 bits per heavy atom. The van der Waals surface area contributed by atoms with Crippen LogP contribution >= 0.6 is 27.7 Å². The van der Waals surface area contributed by atoms with Gasteiger partial charge in [-0.25, -0.2) is 0 Å². The van der Waals surface area contributed by atoms with Crippen molar-refractivity contribution in [2.75, 3.05) is 6.54 Å². The Kier molecular flexibility index (Phi) is 4.06. The second-order valence-corrected chi connectivity index (χ2v) is 5.62. The summed E-state index contributed by atoms with van der Waals surface area (Å²) in [6.07, 6.45) is 1.57. The number of amides is 2.